The molecule has 1 aliphatic heterocycles. The van der Waals surface area contributed by atoms with Crippen molar-refractivity contribution in [3.05, 3.63) is 0 Å². The molecule has 2 nitrogen and oxygen atoms in total. The van der Waals surface area contributed by atoms with Gasteiger partial charge in [0.1, 0.15) is 5.38 Å². The molecule has 1 saturated heterocycles. The fraction of sp³-hybridized carbons (Fsp3) is 0.857. The summed E-state index contributed by atoms with van der Waals surface area (Å²) in [6.07, 6.45) is 2.23. The van der Waals surface area contributed by atoms with Gasteiger partial charge in [0.2, 0.25) is 0 Å². The van der Waals surface area contributed by atoms with Gasteiger partial charge in [0, 0.05) is 5.38 Å². The molecule has 0 saturated carbocycles. The molecule has 2 atom stereocenters. The molecule has 0 spiro atoms. The maximum Gasteiger partial charge on any atom is 0.324 e. The molecule has 0 N–H and O–H groups in total. The Hall–Kier alpha value is 0.0500. The fourth-order valence-electron chi connectivity index (χ4n) is 1.01. The number of cyclic esters (lactones) is 1. The Morgan fingerprint density at radius 1 is 1.45 bits per heavy atom. The molecule has 0 aliphatic carbocycles. The molecule has 0 unspecified atom stereocenters. The van der Waals surface area contributed by atoms with Gasteiger partial charge in [-0.15, -0.1) is 23.2 Å². The van der Waals surface area contributed by atoms with Gasteiger partial charge in [-0.1, -0.05) is 0 Å². The first kappa shape index (κ1) is 9.14. The van der Waals surface area contributed by atoms with Crippen LogP contribution in [0.4, 0.5) is 0 Å². The van der Waals surface area contributed by atoms with E-state index in [0.29, 0.717) is 13.0 Å². The smallest absolute Gasteiger partial charge is 0.324 e. The van der Waals surface area contributed by atoms with E-state index in [1.165, 1.54) is 0 Å². The van der Waals surface area contributed by atoms with Gasteiger partial charge in [0.05, 0.1) is 6.61 Å². The van der Waals surface area contributed by atoms with Crippen molar-refractivity contribution in [2.45, 2.75) is 30.0 Å². The van der Waals surface area contributed by atoms with Crippen LogP contribution in [0.15, 0.2) is 0 Å². The molecule has 0 aromatic rings. The number of alkyl halides is 2. The molecule has 0 radical (unpaired) electrons. The van der Waals surface area contributed by atoms with Crippen molar-refractivity contribution in [2.75, 3.05) is 6.61 Å². The second-order valence-electron chi connectivity index (χ2n) is 2.61. The molecular weight excluding hydrogens is 187 g/mol. The summed E-state index contributed by atoms with van der Waals surface area (Å²) in [7, 11) is 0. The lowest BCUT2D eigenvalue weighted by atomic mass is 10.1. The van der Waals surface area contributed by atoms with Crippen LogP contribution in [-0.4, -0.2) is 23.3 Å². The van der Waals surface area contributed by atoms with Crippen molar-refractivity contribution in [1.29, 1.82) is 0 Å². The number of hydrogen-bond donors (Lipinski definition) is 0. The third-order valence-electron chi connectivity index (χ3n) is 1.62. The van der Waals surface area contributed by atoms with E-state index in [2.05, 4.69) is 0 Å². The maximum atomic E-state index is 10.9. The minimum atomic E-state index is -0.558. The van der Waals surface area contributed by atoms with Gasteiger partial charge in [-0.2, -0.15) is 0 Å². The van der Waals surface area contributed by atoms with E-state index >= 15 is 0 Å². The van der Waals surface area contributed by atoms with Crippen LogP contribution in [-0.2, 0) is 9.53 Å². The van der Waals surface area contributed by atoms with Crippen molar-refractivity contribution >= 4 is 29.2 Å². The highest BCUT2D eigenvalue weighted by Crippen LogP contribution is 2.19. The lowest BCUT2D eigenvalue weighted by molar-refractivity contribution is -0.144. The highest BCUT2D eigenvalue weighted by molar-refractivity contribution is 6.30. The first-order valence-electron chi connectivity index (χ1n) is 3.65. The van der Waals surface area contributed by atoms with Gasteiger partial charge in [-0.3, -0.25) is 4.79 Å². The average Bonchev–Trinajstić information content (AvgIpc) is 1.95. The normalized spacial score (nSPS) is 33.8. The number of carbonyl (C=O) groups excluding carboxylic acids is 1. The summed E-state index contributed by atoms with van der Waals surface area (Å²) in [5.74, 6) is -0.336. The van der Waals surface area contributed by atoms with Crippen LogP contribution in [0.25, 0.3) is 0 Å². The third-order valence-corrected chi connectivity index (χ3v) is 2.38. The van der Waals surface area contributed by atoms with E-state index < -0.39 is 5.38 Å². The fourth-order valence-corrected chi connectivity index (χ4v) is 1.71. The Balaban J connectivity index is 2.45. The minimum absolute atomic E-state index is 0.0188. The van der Waals surface area contributed by atoms with Crippen LogP contribution < -0.4 is 0 Å². The molecule has 11 heavy (non-hydrogen) atoms. The molecule has 0 bridgehead atoms. The second kappa shape index (κ2) is 4.17. The first-order chi connectivity index (χ1) is 5.20. The number of halogens is 2. The number of carbonyl (C=O) groups is 1. The summed E-state index contributed by atoms with van der Waals surface area (Å²) < 4.78 is 4.81. The Morgan fingerprint density at radius 2 is 2.18 bits per heavy atom. The van der Waals surface area contributed by atoms with Crippen LogP contribution >= 0.6 is 23.2 Å². The standard InChI is InChI=1S/C7H10Cl2O2/c8-5-2-1-3-11-7(10)6(9)4-5/h5-6H,1-4H2/t5-,6+/m0/s1. The topological polar surface area (TPSA) is 26.3 Å². The summed E-state index contributed by atoms with van der Waals surface area (Å²) in [6.45, 7) is 0.450. The van der Waals surface area contributed by atoms with Crippen LogP contribution in [0.2, 0.25) is 0 Å². The van der Waals surface area contributed by atoms with Crippen molar-refractivity contribution in [3.8, 4) is 0 Å². The van der Waals surface area contributed by atoms with E-state index in [-0.39, 0.29) is 11.3 Å². The van der Waals surface area contributed by atoms with Crippen LogP contribution in [0, 0.1) is 0 Å². The Bertz CT molecular complexity index is 149. The zero-order chi connectivity index (χ0) is 8.27. The lowest BCUT2D eigenvalue weighted by Gasteiger charge is -2.17. The Morgan fingerprint density at radius 3 is 2.91 bits per heavy atom. The van der Waals surface area contributed by atoms with Crippen LogP contribution in [0.5, 0.6) is 0 Å². The van der Waals surface area contributed by atoms with Gasteiger partial charge in [0.15, 0.2) is 0 Å². The summed E-state index contributed by atoms with van der Waals surface area (Å²) in [5.41, 5.74) is 0. The number of esters is 1. The van der Waals surface area contributed by atoms with Gasteiger partial charge in [-0.25, -0.2) is 0 Å². The zero-order valence-corrected chi connectivity index (χ0v) is 7.57. The first-order valence-corrected chi connectivity index (χ1v) is 4.52. The largest absolute Gasteiger partial charge is 0.465 e. The van der Waals surface area contributed by atoms with Crippen LogP contribution in [0.3, 0.4) is 0 Å². The molecule has 1 aliphatic rings. The van der Waals surface area contributed by atoms with E-state index in [9.17, 15) is 4.79 Å². The summed E-state index contributed by atoms with van der Waals surface area (Å²) in [5, 5.41) is -0.539. The summed E-state index contributed by atoms with van der Waals surface area (Å²) in [6, 6.07) is 0. The quantitative estimate of drug-likeness (QED) is 0.438. The van der Waals surface area contributed by atoms with Gasteiger partial charge >= 0.3 is 5.97 Å². The van der Waals surface area contributed by atoms with Gasteiger partial charge < -0.3 is 4.74 Å². The highest BCUT2D eigenvalue weighted by atomic mass is 35.5. The Kier molecular flexibility index (Phi) is 3.46. The second-order valence-corrected chi connectivity index (χ2v) is 3.75. The molecule has 0 aromatic heterocycles. The summed E-state index contributed by atoms with van der Waals surface area (Å²) >= 11 is 11.5. The van der Waals surface area contributed by atoms with E-state index in [4.69, 9.17) is 27.9 Å². The SMILES string of the molecule is O=C1OCCC[C@H](Cl)C[C@H]1Cl. The van der Waals surface area contributed by atoms with E-state index in [1.54, 1.807) is 0 Å². The van der Waals surface area contributed by atoms with Gasteiger partial charge in [0.25, 0.3) is 0 Å². The predicted octanol–water partition coefficient (Wildman–Crippen LogP) is 1.93. The maximum absolute atomic E-state index is 10.9. The van der Waals surface area contributed by atoms with Crippen molar-refractivity contribution in [2.24, 2.45) is 0 Å². The molecule has 0 aromatic carbocycles. The molecule has 1 fully saturated rings. The highest BCUT2D eigenvalue weighted by Gasteiger charge is 2.22. The number of hydrogen-bond acceptors (Lipinski definition) is 2. The van der Waals surface area contributed by atoms with E-state index in [1.807, 2.05) is 0 Å². The van der Waals surface area contributed by atoms with Crippen molar-refractivity contribution in [3.63, 3.8) is 0 Å². The Labute approximate surface area is 75.8 Å². The number of rotatable bonds is 0. The lowest BCUT2D eigenvalue weighted by Crippen LogP contribution is -2.24. The molecule has 1 heterocycles. The monoisotopic (exact) mass is 196 g/mol. The molecular formula is C7H10Cl2O2. The van der Waals surface area contributed by atoms with E-state index in [0.717, 1.165) is 12.8 Å². The number of ether oxygens (including phenoxy) is 1. The molecule has 1 rings (SSSR count). The minimum Gasteiger partial charge on any atom is -0.465 e. The zero-order valence-electron chi connectivity index (χ0n) is 6.06. The van der Waals surface area contributed by atoms with Crippen molar-refractivity contribution < 1.29 is 9.53 Å². The predicted molar refractivity (Wildman–Crippen MR) is 44.1 cm³/mol. The third kappa shape index (κ3) is 2.88. The molecule has 0 amide bonds. The van der Waals surface area contributed by atoms with Crippen LogP contribution in [0.1, 0.15) is 19.3 Å². The molecule has 4 heteroatoms. The van der Waals surface area contributed by atoms with Gasteiger partial charge in [-0.05, 0) is 19.3 Å². The average molecular weight is 197 g/mol. The summed E-state index contributed by atoms with van der Waals surface area (Å²) in [4.78, 5) is 10.9. The molecule has 64 valence electrons. The van der Waals surface area contributed by atoms with Crippen molar-refractivity contribution in [1.82, 2.24) is 0 Å².